The van der Waals surface area contributed by atoms with Gasteiger partial charge in [-0.05, 0) is 61.2 Å². The third-order valence-corrected chi connectivity index (χ3v) is 6.01. The Labute approximate surface area is 131 Å². The molecule has 4 aliphatic carbocycles. The SMILES string of the molecule is Cc1nnc(CC(=O)NCC23CC4CC(CC(C)(C4)C2)C3)o1. The van der Waals surface area contributed by atoms with Crippen molar-refractivity contribution in [3.63, 3.8) is 0 Å². The van der Waals surface area contributed by atoms with E-state index in [1.54, 1.807) is 6.92 Å². The molecule has 5 nitrogen and oxygen atoms in total. The number of nitrogens with zero attached hydrogens (tertiary/aromatic N) is 2. The summed E-state index contributed by atoms with van der Waals surface area (Å²) in [6.07, 6.45) is 8.32. The molecule has 1 aromatic rings. The minimum Gasteiger partial charge on any atom is -0.425 e. The lowest BCUT2D eigenvalue weighted by molar-refractivity contribution is -0.126. The summed E-state index contributed by atoms with van der Waals surface area (Å²) >= 11 is 0. The monoisotopic (exact) mass is 303 g/mol. The van der Waals surface area contributed by atoms with E-state index in [-0.39, 0.29) is 12.3 Å². The highest BCUT2D eigenvalue weighted by Gasteiger charge is 2.55. The number of aryl methyl sites for hydroxylation is 1. The second-order valence-corrected chi connectivity index (χ2v) is 8.44. The average Bonchev–Trinajstić information content (AvgIpc) is 2.79. The summed E-state index contributed by atoms with van der Waals surface area (Å²) < 4.78 is 5.28. The van der Waals surface area contributed by atoms with Crippen LogP contribution in [-0.2, 0) is 11.2 Å². The number of hydrogen-bond acceptors (Lipinski definition) is 4. The van der Waals surface area contributed by atoms with Crippen molar-refractivity contribution in [3.05, 3.63) is 11.8 Å². The molecule has 1 amide bonds. The van der Waals surface area contributed by atoms with Gasteiger partial charge in [0.25, 0.3) is 0 Å². The summed E-state index contributed by atoms with van der Waals surface area (Å²) in [6.45, 7) is 5.02. The smallest absolute Gasteiger partial charge is 0.229 e. The summed E-state index contributed by atoms with van der Waals surface area (Å²) in [7, 11) is 0. The van der Waals surface area contributed by atoms with E-state index in [1.807, 2.05) is 0 Å². The van der Waals surface area contributed by atoms with Gasteiger partial charge in [0, 0.05) is 13.5 Å². The van der Waals surface area contributed by atoms with Gasteiger partial charge in [-0.3, -0.25) is 4.79 Å². The molecule has 1 heterocycles. The predicted molar refractivity (Wildman–Crippen MR) is 81.0 cm³/mol. The fraction of sp³-hybridized carbons (Fsp3) is 0.824. The van der Waals surface area contributed by atoms with Crippen LogP contribution in [-0.4, -0.2) is 22.6 Å². The average molecular weight is 303 g/mol. The number of hydrogen-bond donors (Lipinski definition) is 1. The molecule has 120 valence electrons. The number of nitrogens with one attached hydrogen (secondary N) is 1. The molecule has 2 atom stereocenters. The van der Waals surface area contributed by atoms with E-state index < -0.39 is 0 Å². The van der Waals surface area contributed by atoms with Gasteiger partial charge in [0.2, 0.25) is 17.7 Å². The van der Waals surface area contributed by atoms with Gasteiger partial charge < -0.3 is 9.73 Å². The molecular formula is C17H25N3O2. The zero-order valence-corrected chi connectivity index (χ0v) is 13.5. The Balaban J connectivity index is 1.38. The molecular weight excluding hydrogens is 278 g/mol. The molecule has 4 fully saturated rings. The lowest BCUT2D eigenvalue weighted by Gasteiger charge is -2.61. The van der Waals surface area contributed by atoms with E-state index in [1.165, 1.54) is 38.5 Å². The zero-order chi connectivity index (χ0) is 15.4. The molecule has 2 unspecified atom stereocenters. The van der Waals surface area contributed by atoms with Gasteiger partial charge in [-0.1, -0.05) is 6.92 Å². The van der Waals surface area contributed by atoms with Crippen LogP contribution < -0.4 is 5.32 Å². The van der Waals surface area contributed by atoms with Crippen molar-refractivity contribution in [1.29, 1.82) is 0 Å². The maximum absolute atomic E-state index is 12.2. The van der Waals surface area contributed by atoms with Gasteiger partial charge in [-0.15, -0.1) is 10.2 Å². The van der Waals surface area contributed by atoms with Crippen molar-refractivity contribution in [2.45, 2.75) is 58.8 Å². The first-order valence-corrected chi connectivity index (χ1v) is 8.49. The summed E-state index contributed by atoms with van der Waals surface area (Å²) in [6, 6.07) is 0. The topological polar surface area (TPSA) is 68.0 Å². The summed E-state index contributed by atoms with van der Waals surface area (Å²) in [5.41, 5.74) is 0.873. The predicted octanol–water partition coefficient (Wildman–Crippen LogP) is 2.64. The molecule has 4 saturated carbocycles. The van der Waals surface area contributed by atoms with Crippen LogP contribution in [0.15, 0.2) is 4.42 Å². The largest absolute Gasteiger partial charge is 0.425 e. The Morgan fingerprint density at radius 1 is 1.27 bits per heavy atom. The van der Waals surface area contributed by atoms with E-state index in [0.29, 0.717) is 22.6 Å². The molecule has 0 radical (unpaired) electrons. The quantitative estimate of drug-likeness (QED) is 0.928. The maximum Gasteiger partial charge on any atom is 0.229 e. The van der Waals surface area contributed by atoms with Crippen LogP contribution in [0.25, 0.3) is 0 Å². The number of carbonyl (C=O) groups excluding carboxylic acids is 1. The minimum absolute atomic E-state index is 0.00421. The van der Waals surface area contributed by atoms with Crippen LogP contribution in [0.5, 0.6) is 0 Å². The molecule has 0 spiro atoms. The molecule has 0 saturated heterocycles. The van der Waals surface area contributed by atoms with Gasteiger partial charge in [0.15, 0.2) is 0 Å². The summed E-state index contributed by atoms with van der Waals surface area (Å²) in [5.74, 6) is 2.71. The molecule has 0 aromatic carbocycles. The molecule has 5 rings (SSSR count). The third kappa shape index (κ3) is 2.55. The zero-order valence-electron chi connectivity index (χ0n) is 13.5. The van der Waals surface area contributed by atoms with Crippen LogP contribution in [0.4, 0.5) is 0 Å². The Bertz CT molecular complexity index is 580. The van der Waals surface area contributed by atoms with E-state index in [0.717, 1.165) is 18.4 Å². The lowest BCUT2D eigenvalue weighted by atomic mass is 9.44. The number of aromatic nitrogens is 2. The summed E-state index contributed by atoms with van der Waals surface area (Å²) in [4.78, 5) is 12.2. The second-order valence-electron chi connectivity index (χ2n) is 8.44. The number of carbonyl (C=O) groups is 1. The van der Waals surface area contributed by atoms with Crippen LogP contribution in [0.1, 0.15) is 57.2 Å². The standard InChI is InChI=1S/C17H25N3O2/c1-11-19-20-15(22-11)4-14(21)18-10-17-7-12-3-13(8-17)6-16(2,5-12)9-17/h12-13H,3-10H2,1-2H3,(H,18,21). The molecule has 4 bridgehead atoms. The Hall–Kier alpha value is -1.39. The van der Waals surface area contributed by atoms with E-state index in [2.05, 4.69) is 22.4 Å². The Morgan fingerprint density at radius 2 is 2.00 bits per heavy atom. The van der Waals surface area contributed by atoms with Crippen LogP contribution in [0.2, 0.25) is 0 Å². The van der Waals surface area contributed by atoms with Crippen molar-refractivity contribution >= 4 is 5.91 Å². The van der Waals surface area contributed by atoms with Gasteiger partial charge in [0.05, 0.1) is 0 Å². The molecule has 5 heteroatoms. The van der Waals surface area contributed by atoms with Crippen molar-refractivity contribution in [3.8, 4) is 0 Å². The summed E-state index contributed by atoms with van der Waals surface area (Å²) in [5, 5.41) is 10.8. The third-order valence-electron chi connectivity index (χ3n) is 6.01. The fourth-order valence-corrected chi connectivity index (χ4v) is 6.03. The highest BCUT2D eigenvalue weighted by atomic mass is 16.4. The molecule has 22 heavy (non-hydrogen) atoms. The van der Waals surface area contributed by atoms with Crippen LogP contribution in [0, 0.1) is 29.6 Å². The highest BCUT2D eigenvalue weighted by Crippen LogP contribution is 2.64. The Morgan fingerprint density at radius 3 is 2.59 bits per heavy atom. The van der Waals surface area contributed by atoms with Gasteiger partial charge in [0.1, 0.15) is 6.42 Å². The van der Waals surface area contributed by atoms with Gasteiger partial charge >= 0.3 is 0 Å². The first kappa shape index (κ1) is 14.2. The van der Waals surface area contributed by atoms with E-state index in [9.17, 15) is 4.79 Å². The van der Waals surface area contributed by atoms with Crippen molar-refractivity contribution in [2.75, 3.05) is 6.54 Å². The van der Waals surface area contributed by atoms with E-state index in [4.69, 9.17) is 4.42 Å². The molecule has 0 aliphatic heterocycles. The molecule has 1 N–H and O–H groups in total. The normalized spacial score (nSPS) is 39.2. The van der Waals surface area contributed by atoms with Crippen molar-refractivity contribution in [2.24, 2.45) is 22.7 Å². The van der Waals surface area contributed by atoms with Crippen LogP contribution in [0.3, 0.4) is 0 Å². The first-order chi connectivity index (χ1) is 10.4. The number of amides is 1. The molecule has 4 aliphatic rings. The van der Waals surface area contributed by atoms with Crippen molar-refractivity contribution in [1.82, 2.24) is 15.5 Å². The minimum atomic E-state index is 0.00421. The van der Waals surface area contributed by atoms with Crippen molar-refractivity contribution < 1.29 is 9.21 Å². The number of rotatable bonds is 4. The van der Waals surface area contributed by atoms with E-state index >= 15 is 0 Å². The fourth-order valence-electron chi connectivity index (χ4n) is 6.03. The molecule has 1 aromatic heterocycles. The Kier molecular flexibility index (Phi) is 3.10. The first-order valence-electron chi connectivity index (χ1n) is 8.49. The highest BCUT2D eigenvalue weighted by molar-refractivity contribution is 5.77. The van der Waals surface area contributed by atoms with Gasteiger partial charge in [-0.2, -0.15) is 0 Å². The van der Waals surface area contributed by atoms with Crippen LogP contribution >= 0.6 is 0 Å². The lowest BCUT2D eigenvalue weighted by Crippen LogP contribution is -2.54. The van der Waals surface area contributed by atoms with Gasteiger partial charge in [-0.25, -0.2) is 0 Å². The second kappa shape index (κ2) is 4.80. The maximum atomic E-state index is 12.2.